The lowest BCUT2D eigenvalue weighted by molar-refractivity contribution is 0.207. The standard InChI is InChI=1S/C25H22N6O3S/c1-30-20-11-10-18(31(35(33)34)21-9-3-5-15-8-4-12-28-22(15)21)14-19(20)29-25(30)23(32)16-6-2-7-17(13-16)24(26)27/h2-14,23,32H,1H3,(H3,26,27)(H,33,34)/p-1. The smallest absolute Gasteiger partial charge is 0.143 e. The van der Waals surface area contributed by atoms with Crippen LogP contribution in [-0.4, -0.2) is 34.2 Å². The van der Waals surface area contributed by atoms with E-state index in [2.05, 4.69) is 9.97 Å². The molecule has 2 atom stereocenters. The van der Waals surface area contributed by atoms with Crippen LogP contribution in [0.4, 0.5) is 11.4 Å². The third kappa shape index (κ3) is 4.03. The molecule has 5 aromatic rings. The number of nitrogen functional groups attached to an aromatic ring is 1. The summed E-state index contributed by atoms with van der Waals surface area (Å²) in [5.41, 5.74) is 9.24. The summed E-state index contributed by atoms with van der Waals surface area (Å²) in [4.78, 5) is 8.98. The van der Waals surface area contributed by atoms with Crippen molar-refractivity contribution in [1.82, 2.24) is 14.5 Å². The van der Waals surface area contributed by atoms with Gasteiger partial charge < -0.3 is 20.0 Å². The van der Waals surface area contributed by atoms with Crippen molar-refractivity contribution in [3.63, 3.8) is 0 Å². The van der Waals surface area contributed by atoms with E-state index in [4.69, 9.17) is 11.1 Å². The largest absolute Gasteiger partial charge is 0.755 e. The number of hydrogen-bond acceptors (Lipinski definition) is 6. The molecule has 2 heterocycles. The first-order valence-corrected chi connectivity index (χ1v) is 11.7. The molecule has 0 spiro atoms. The molecule has 4 N–H and O–H groups in total. The highest BCUT2D eigenvalue weighted by atomic mass is 32.2. The SMILES string of the molecule is Cn1c(C(O)c2cccc(C(=N)N)c2)nc2cc(N(c3cccc4cccnc34)S(=O)[O-])ccc21. The monoisotopic (exact) mass is 485 g/mol. The first-order chi connectivity index (χ1) is 16.8. The quantitative estimate of drug-likeness (QED) is 0.191. The Labute approximate surface area is 203 Å². The molecule has 0 radical (unpaired) electrons. The van der Waals surface area contributed by atoms with E-state index in [1.807, 2.05) is 12.1 Å². The second kappa shape index (κ2) is 8.91. The Balaban J connectivity index is 1.60. The Morgan fingerprint density at radius 1 is 1.14 bits per heavy atom. The Bertz CT molecular complexity index is 1610. The number of aliphatic hydroxyl groups excluding tert-OH is 1. The number of imidazole rings is 1. The van der Waals surface area contributed by atoms with Crippen molar-refractivity contribution in [1.29, 1.82) is 5.41 Å². The number of aromatic nitrogens is 3. The number of aryl methyl sites for hydroxylation is 1. The first kappa shape index (κ1) is 22.7. The van der Waals surface area contributed by atoms with Gasteiger partial charge in [-0.3, -0.25) is 18.9 Å². The van der Waals surface area contributed by atoms with Gasteiger partial charge in [0.2, 0.25) is 0 Å². The Kier molecular flexibility index (Phi) is 5.77. The summed E-state index contributed by atoms with van der Waals surface area (Å²) in [6, 6.07) is 20.9. The molecule has 0 amide bonds. The lowest BCUT2D eigenvalue weighted by Crippen LogP contribution is -2.20. The number of benzene rings is 3. The van der Waals surface area contributed by atoms with Crippen LogP contribution >= 0.6 is 0 Å². The molecular formula is C25H21N6O3S-. The molecule has 10 heteroatoms. The predicted octanol–water partition coefficient (Wildman–Crippen LogP) is 3.42. The second-order valence-electron chi connectivity index (χ2n) is 8.01. The summed E-state index contributed by atoms with van der Waals surface area (Å²) in [6.07, 6.45) is 0.552. The molecule has 0 aliphatic carbocycles. The molecule has 3 aromatic carbocycles. The fourth-order valence-corrected chi connectivity index (χ4v) is 4.75. The van der Waals surface area contributed by atoms with E-state index in [0.717, 1.165) is 10.9 Å². The normalized spacial score (nSPS) is 13.1. The van der Waals surface area contributed by atoms with E-state index >= 15 is 0 Å². The molecule has 35 heavy (non-hydrogen) atoms. The van der Waals surface area contributed by atoms with Crippen LogP contribution in [0.15, 0.2) is 79.0 Å². The van der Waals surface area contributed by atoms with E-state index in [1.54, 1.807) is 78.5 Å². The number of nitrogens with one attached hydrogen (secondary N) is 1. The average molecular weight is 486 g/mol. The molecule has 176 valence electrons. The van der Waals surface area contributed by atoms with Crippen LogP contribution in [0.25, 0.3) is 21.9 Å². The number of anilines is 2. The van der Waals surface area contributed by atoms with E-state index in [-0.39, 0.29) is 5.84 Å². The molecule has 0 aliphatic heterocycles. The number of rotatable bonds is 6. The van der Waals surface area contributed by atoms with Gasteiger partial charge in [0, 0.05) is 24.2 Å². The fourth-order valence-electron chi connectivity index (χ4n) is 4.16. The molecular weight excluding hydrogens is 464 g/mol. The summed E-state index contributed by atoms with van der Waals surface area (Å²) in [5, 5.41) is 19.5. The maximum Gasteiger partial charge on any atom is 0.143 e. The highest BCUT2D eigenvalue weighted by Crippen LogP contribution is 2.34. The number of pyridine rings is 1. The molecule has 2 aromatic heterocycles. The third-order valence-corrected chi connectivity index (χ3v) is 6.58. The summed E-state index contributed by atoms with van der Waals surface area (Å²) in [7, 11) is 1.78. The lowest BCUT2D eigenvalue weighted by Gasteiger charge is -2.27. The van der Waals surface area contributed by atoms with Crippen molar-refractivity contribution in [2.75, 3.05) is 4.31 Å². The maximum absolute atomic E-state index is 12.3. The van der Waals surface area contributed by atoms with Gasteiger partial charge >= 0.3 is 0 Å². The highest BCUT2D eigenvalue weighted by molar-refractivity contribution is 7.81. The van der Waals surface area contributed by atoms with Gasteiger partial charge in [0.05, 0.1) is 39.2 Å². The van der Waals surface area contributed by atoms with Crippen molar-refractivity contribution in [3.05, 3.63) is 95.9 Å². The lowest BCUT2D eigenvalue weighted by atomic mass is 10.0. The molecule has 0 aliphatic rings. The number of nitrogens with zero attached hydrogens (tertiary/aromatic N) is 4. The van der Waals surface area contributed by atoms with Crippen molar-refractivity contribution >= 4 is 50.4 Å². The van der Waals surface area contributed by atoms with Gasteiger partial charge in [-0.25, -0.2) is 4.98 Å². The minimum absolute atomic E-state index is 0.0951. The van der Waals surface area contributed by atoms with Gasteiger partial charge in [-0.05, 0) is 42.0 Å². The second-order valence-corrected chi connectivity index (χ2v) is 8.81. The summed E-state index contributed by atoms with van der Waals surface area (Å²) in [5.74, 6) is 0.279. The average Bonchev–Trinajstić information content (AvgIpc) is 3.19. The van der Waals surface area contributed by atoms with Crippen LogP contribution in [0.1, 0.15) is 23.1 Å². The van der Waals surface area contributed by atoms with Crippen molar-refractivity contribution in [2.24, 2.45) is 12.8 Å². The van der Waals surface area contributed by atoms with Crippen molar-refractivity contribution in [3.8, 4) is 0 Å². The first-order valence-electron chi connectivity index (χ1n) is 10.7. The number of fused-ring (bicyclic) bond motifs is 2. The Morgan fingerprint density at radius 2 is 1.91 bits per heavy atom. The molecule has 0 fully saturated rings. The molecule has 0 saturated carbocycles. The van der Waals surface area contributed by atoms with Gasteiger partial charge in [-0.2, -0.15) is 0 Å². The van der Waals surface area contributed by atoms with Crippen LogP contribution in [0, 0.1) is 5.41 Å². The molecule has 9 nitrogen and oxygen atoms in total. The van der Waals surface area contributed by atoms with Gasteiger partial charge in [-0.15, -0.1) is 0 Å². The molecule has 0 bridgehead atoms. The van der Waals surface area contributed by atoms with Crippen LogP contribution in [0.5, 0.6) is 0 Å². The number of hydrogen-bond donors (Lipinski definition) is 3. The van der Waals surface area contributed by atoms with Gasteiger partial charge in [0.25, 0.3) is 0 Å². The number of para-hydroxylation sites is 1. The highest BCUT2D eigenvalue weighted by Gasteiger charge is 2.21. The van der Waals surface area contributed by atoms with E-state index in [9.17, 15) is 13.9 Å². The minimum atomic E-state index is -2.62. The van der Waals surface area contributed by atoms with E-state index < -0.39 is 17.4 Å². The Hall–Kier alpha value is -4.12. The zero-order valence-corrected chi connectivity index (χ0v) is 19.4. The topological polar surface area (TPSA) is 144 Å². The zero-order chi connectivity index (χ0) is 24.7. The van der Waals surface area contributed by atoms with Gasteiger partial charge in [0.1, 0.15) is 17.8 Å². The van der Waals surface area contributed by atoms with Crippen molar-refractivity contribution in [2.45, 2.75) is 6.10 Å². The van der Waals surface area contributed by atoms with Crippen LogP contribution in [-0.2, 0) is 18.3 Å². The number of nitrogens with two attached hydrogens (primary N) is 1. The number of amidine groups is 1. The molecule has 2 unspecified atom stereocenters. The van der Waals surface area contributed by atoms with Crippen molar-refractivity contribution < 1.29 is 13.9 Å². The van der Waals surface area contributed by atoms with Crippen LogP contribution in [0.2, 0.25) is 0 Å². The Morgan fingerprint density at radius 3 is 2.69 bits per heavy atom. The van der Waals surface area contributed by atoms with Gasteiger partial charge in [0.15, 0.2) is 0 Å². The predicted molar refractivity (Wildman–Crippen MR) is 135 cm³/mol. The third-order valence-electron chi connectivity index (χ3n) is 5.87. The maximum atomic E-state index is 12.3. The van der Waals surface area contributed by atoms with Crippen LogP contribution < -0.4 is 10.0 Å². The summed E-state index contributed by atoms with van der Waals surface area (Å²) in [6.45, 7) is 0. The van der Waals surface area contributed by atoms with E-state index in [1.165, 1.54) is 4.31 Å². The zero-order valence-electron chi connectivity index (χ0n) is 18.6. The van der Waals surface area contributed by atoms with Gasteiger partial charge in [-0.1, -0.05) is 36.4 Å². The summed E-state index contributed by atoms with van der Waals surface area (Å²) < 4.78 is 27.6. The van der Waals surface area contributed by atoms with E-state index in [0.29, 0.717) is 39.4 Å². The minimum Gasteiger partial charge on any atom is -0.755 e. The molecule has 5 rings (SSSR count). The fraction of sp³-hybridized carbons (Fsp3) is 0.0800. The van der Waals surface area contributed by atoms with Crippen LogP contribution in [0.3, 0.4) is 0 Å². The summed E-state index contributed by atoms with van der Waals surface area (Å²) >= 11 is -2.62. The number of aliphatic hydroxyl groups is 1. The molecule has 0 saturated heterocycles.